The number of rotatable bonds is 14. The lowest BCUT2D eigenvalue weighted by molar-refractivity contribution is -0.141. The highest BCUT2D eigenvalue weighted by molar-refractivity contribution is 7.92. The number of carbonyl (C=O) groups is 2. The Bertz CT molecular complexity index is 1250. The first kappa shape index (κ1) is 32.9. The van der Waals surface area contributed by atoms with E-state index in [-0.39, 0.29) is 49.5 Å². The molecule has 222 valence electrons. The molecule has 40 heavy (non-hydrogen) atoms. The molecule has 2 atom stereocenters. The number of sulfonamides is 1. The highest BCUT2D eigenvalue weighted by Gasteiger charge is 2.32. The minimum absolute atomic E-state index is 0.0280. The zero-order valence-electron chi connectivity index (χ0n) is 23.5. The second-order valence-corrected chi connectivity index (χ2v) is 11.5. The van der Waals surface area contributed by atoms with Crippen molar-refractivity contribution >= 4 is 27.5 Å². The molecule has 2 unspecified atom stereocenters. The maximum absolute atomic E-state index is 13.5. The number of benzene rings is 2. The number of hydrogen-bond donors (Lipinski definition) is 1. The average molecular weight is 586 g/mol. The first-order valence-electron chi connectivity index (χ1n) is 13.1. The second kappa shape index (κ2) is 14.4. The van der Waals surface area contributed by atoms with E-state index in [4.69, 9.17) is 4.74 Å². The van der Waals surface area contributed by atoms with Crippen LogP contribution >= 0.6 is 0 Å². The molecule has 0 saturated carbocycles. The predicted octanol–water partition coefficient (Wildman–Crippen LogP) is 4.98. The van der Waals surface area contributed by atoms with Crippen LogP contribution in [0.15, 0.2) is 48.5 Å². The Balaban J connectivity index is 2.29. The van der Waals surface area contributed by atoms with Crippen LogP contribution in [0.25, 0.3) is 0 Å². The Morgan fingerprint density at radius 2 is 1.73 bits per heavy atom. The van der Waals surface area contributed by atoms with Crippen molar-refractivity contribution in [3.05, 3.63) is 59.7 Å². The topological polar surface area (TPSA) is 96.0 Å². The van der Waals surface area contributed by atoms with Gasteiger partial charge in [0.25, 0.3) is 0 Å². The molecule has 2 aromatic carbocycles. The first-order chi connectivity index (χ1) is 18.7. The molecule has 0 aromatic heterocycles. The third-order valence-electron chi connectivity index (χ3n) is 6.49. The van der Waals surface area contributed by atoms with Gasteiger partial charge in [0.2, 0.25) is 21.8 Å². The summed E-state index contributed by atoms with van der Waals surface area (Å²) < 4.78 is 70.7. The molecule has 1 N–H and O–H groups in total. The van der Waals surface area contributed by atoms with Crippen molar-refractivity contribution in [2.75, 3.05) is 24.2 Å². The van der Waals surface area contributed by atoms with E-state index < -0.39 is 27.8 Å². The molecule has 0 aliphatic heterocycles. The van der Waals surface area contributed by atoms with Gasteiger partial charge in [-0.15, -0.1) is 0 Å². The summed E-state index contributed by atoms with van der Waals surface area (Å²) in [6, 6.07) is 10.3. The molecule has 0 heterocycles. The van der Waals surface area contributed by atoms with E-state index in [1.807, 2.05) is 13.8 Å². The third-order valence-corrected chi connectivity index (χ3v) is 7.68. The smallest absolute Gasteiger partial charge is 0.416 e. The number of anilines is 1. The molecular weight excluding hydrogens is 547 g/mol. The Hall–Kier alpha value is -3.28. The minimum atomic E-state index is -4.64. The van der Waals surface area contributed by atoms with Crippen LogP contribution in [0, 0.1) is 0 Å². The number of nitrogens with one attached hydrogen (secondary N) is 1. The summed E-state index contributed by atoms with van der Waals surface area (Å²) in [6.07, 6.45) is -2.78. The SMILES string of the molecule is CCC(C)NC(=O)C(CC)N(Cc1cccc(OC)c1)C(=O)CCCN(c1cccc(C(F)(F)F)c1)S(C)(=O)=O. The van der Waals surface area contributed by atoms with Crippen LogP contribution in [-0.4, -0.2) is 57.1 Å². The fourth-order valence-corrected chi connectivity index (χ4v) is 5.13. The van der Waals surface area contributed by atoms with E-state index in [9.17, 15) is 31.2 Å². The first-order valence-corrected chi connectivity index (χ1v) is 14.9. The number of nitrogens with zero attached hydrogens (tertiary/aromatic N) is 2. The third kappa shape index (κ3) is 9.42. The van der Waals surface area contributed by atoms with Crippen molar-refractivity contribution < 1.29 is 35.9 Å². The van der Waals surface area contributed by atoms with Crippen LogP contribution in [-0.2, 0) is 32.3 Å². The van der Waals surface area contributed by atoms with Crippen LogP contribution in [0.5, 0.6) is 5.75 Å². The zero-order valence-corrected chi connectivity index (χ0v) is 24.3. The standard InChI is InChI=1S/C28H38F3N3O5S/c1-6-20(3)32-27(36)25(7-2)33(19-21-11-8-14-24(17-21)39-4)26(35)15-10-16-34(40(5,37)38)23-13-9-12-22(18-23)28(29,30)31/h8-9,11-14,17-18,20,25H,6-7,10,15-16,19H2,1-5H3,(H,32,36). The molecule has 0 aliphatic rings. The Morgan fingerprint density at radius 1 is 1.05 bits per heavy atom. The van der Waals surface area contributed by atoms with Gasteiger partial charge in [-0.3, -0.25) is 13.9 Å². The van der Waals surface area contributed by atoms with Crippen LogP contribution in [0.4, 0.5) is 18.9 Å². The lowest BCUT2D eigenvalue weighted by Crippen LogP contribution is -2.50. The van der Waals surface area contributed by atoms with Crippen molar-refractivity contribution in [3.63, 3.8) is 0 Å². The van der Waals surface area contributed by atoms with Gasteiger partial charge in [0.1, 0.15) is 11.8 Å². The Kier molecular flexibility index (Phi) is 11.8. The largest absolute Gasteiger partial charge is 0.497 e. The molecule has 2 amide bonds. The predicted molar refractivity (Wildman–Crippen MR) is 148 cm³/mol. The molecule has 2 rings (SSSR count). The minimum Gasteiger partial charge on any atom is -0.497 e. The maximum atomic E-state index is 13.5. The molecule has 0 bridgehead atoms. The van der Waals surface area contributed by atoms with Gasteiger partial charge >= 0.3 is 6.18 Å². The zero-order chi connectivity index (χ0) is 30.1. The number of halogens is 3. The van der Waals surface area contributed by atoms with Crippen LogP contribution in [0.2, 0.25) is 0 Å². The van der Waals surface area contributed by atoms with E-state index in [0.29, 0.717) is 18.6 Å². The quantitative estimate of drug-likeness (QED) is 0.337. The van der Waals surface area contributed by atoms with Crippen molar-refractivity contribution in [1.29, 1.82) is 0 Å². The van der Waals surface area contributed by atoms with Gasteiger partial charge in [-0.25, -0.2) is 8.42 Å². The van der Waals surface area contributed by atoms with Crippen LogP contribution < -0.4 is 14.4 Å². The van der Waals surface area contributed by atoms with Crippen LogP contribution in [0.1, 0.15) is 57.6 Å². The van der Waals surface area contributed by atoms with E-state index in [1.165, 1.54) is 18.1 Å². The lowest BCUT2D eigenvalue weighted by atomic mass is 10.1. The lowest BCUT2D eigenvalue weighted by Gasteiger charge is -2.32. The Labute approximate surface area is 234 Å². The van der Waals surface area contributed by atoms with Crippen molar-refractivity contribution in [3.8, 4) is 5.75 Å². The van der Waals surface area contributed by atoms with Crippen molar-refractivity contribution in [1.82, 2.24) is 10.2 Å². The molecular formula is C28H38F3N3O5S. The molecule has 0 aliphatic carbocycles. The number of alkyl halides is 3. The highest BCUT2D eigenvalue weighted by Crippen LogP contribution is 2.32. The number of hydrogen-bond acceptors (Lipinski definition) is 5. The monoisotopic (exact) mass is 585 g/mol. The number of carbonyl (C=O) groups excluding carboxylic acids is 2. The number of ether oxygens (including phenoxy) is 1. The molecule has 12 heteroatoms. The normalized spacial score (nSPS) is 13.3. The van der Waals surface area contributed by atoms with Crippen molar-refractivity contribution in [2.24, 2.45) is 0 Å². The summed E-state index contributed by atoms with van der Waals surface area (Å²) in [5.41, 5.74) is -0.376. The maximum Gasteiger partial charge on any atom is 0.416 e. The highest BCUT2D eigenvalue weighted by atomic mass is 32.2. The van der Waals surface area contributed by atoms with Gasteiger partial charge in [-0.2, -0.15) is 13.2 Å². The fraction of sp³-hybridized carbons (Fsp3) is 0.500. The van der Waals surface area contributed by atoms with E-state index in [1.54, 1.807) is 31.2 Å². The summed E-state index contributed by atoms with van der Waals surface area (Å²) in [5, 5.41) is 2.92. The van der Waals surface area contributed by atoms with Crippen LogP contribution in [0.3, 0.4) is 0 Å². The average Bonchev–Trinajstić information content (AvgIpc) is 2.89. The number of methoxy groups -OCH3 is 1. The fourth-order valence-electron chi connectivity index (χ4n) is 4.17. The second-order valence-electron chi connectivity index (χ2n) is 9.60. The van der Waals surface area contributed by atoms with Gasteiger partial charge < -0.3 is 15.0 Å². The molecule has 8 nitrogen and oxygen atoms in total. The van der Waals surface area contributed by atoms with E-state index in [0.717, 1.165) is 34.3 Å². The van der Waals surface area contributed by atoms with E-state index >= 15 is 0 Å². The van der Waals surface area contributed by atoms with Gasteiger partial charge in [0, 0.05) is 25.6 Å². The summed E-state index contributed by atoms with van der Waals surface area (Å²) in [4.78, 5) is 28.1. The number of amides is 2. The molecule has 0 fully saturated rings. The summed E-state index contributed by atoms with van der Waals surface area (Å²) in [6.45, 7) is 5.50. The van der Waals surface area contributed by atoms with Crippen molar-refractivity contribution in [2.45, 2.75) is 71.3 Å². The summed E-state index contributed by atoms with van der Waals surface area (Å²) >= 11 is 0. The summed E-state index contributed by atoms with van der Waals surface area (Å²) in [7, 11) is -2.42. The van der Waals surface area contributed by atoms with Gasteiger partial charge in [0.05, 0.1) is 24.6 Å². The Morgan fingerprint density at radius 3 is 2.30 bits per heavy atom. The van der Waals surface area contributed by atoms with Gasteiger partial charge in [-0.05, 0) is 62.1 Å². The molecule has 2 aromatic rings. The molecule has 0 saturated heterocycles. The van der Waals surface area contributed by atoms with E-state index in [2.05, 4.69) is 5.32 Å². The van der Waals surface area contributed by atoms with Gasteiger partial charge in [-0.1, -0.05) is 32.0 Å². The molecule has 0 spiro atoms. The summed E-state index contributed by atoms with van der Waals surface area (Å²) in [5.74, 6) is -0.0897. The van der Waals surface area contributed by atoms with Gasteiger partial charge in [0.15, 0.2) is 0 Å². The molecule has 0 radical (unpaired) electrons.